The number of carbonyl (C=O) groups is 1. The van der Waals surface area contributed by atoms with E-state index in [0.29, 0.717) is 41.9 Å². The van der Waals surface area contributed by atoms with Crippen LogP contribution in [0.3, 0.4) is 0 Å². The molecule has 9 heteroatoms. The molecule has 1 aromatic heterocycles. The molecule has 1 aliphatic carbocycles. The Kier molecular flexibility index (Phi) is 8.09. The van der Waals surface area contributed by atoms with Crippen molar-refractivity contribution in [3.05, 3.63) is 70.4 Å². The van der Waals surface area contributed by atoms with Crippen LogP contribution in [0.25, 0.3) is 0 Å². The van der Waals surface area contributed by atoms with Crippen molar-refractivity contribution in [3.63, 3.8) is 0 Å². The molecular weight excluding hydrogens is 506 g/mol. The summed E-state index contributed by atoms with van der Waals surface area (Å²) in [5.74, 6) is 1.34. The number of aromatic nitrogens is 4. The molecule has 0 saturated heterocycles. The molecule has 1 N–H and O–H groups in total. The summed E-state index contributed by atoms with van der Waals surface area (Å²) in [5, 5.41) is 15.3. The van der Waals surface area contributed by atoms with Crippen molar-refractivity contribution in [2.24, 2.45) is 0 Å². The van der Waals surface area contributed by atoms with E-state index >= 15 is 0 Å². The minimum Gasteiger partial charge on any atom is -0.490 e. The molecule has 0 amide bonds. The van der Waals surface area contributed by atoms with E-state index in [1.165, 1.54) is 12.0 Å². The van der Waals surface area contributed by atoms with Gasteiger partial charge in [0, 0.05) is 5.70 Å². The fraction of sp³-hybridized carbons (Fsp3) is 0.484. The standard InChI is InChI=1S/C31H39N5O4/c1-6-38-26-18-22(14-17-25(26)39-19-21-12-15-23(16-13-21)31(3,4)5)28-27(20(2)32-30-33-34-35-36(28)30)29(37)40-24-10-8-7-9-11-24/h12-18,24,28H,6-11,19H2,1-5H3,(H,32,33,35). The molecule has 2 aliphatic rings. The number of benzene rings is 2. The molecule has 0 spiro atoms. The van der Waals surface area contributed by atoms with Crippen LogP contribution in [0, 0.1) is 0 Å². The van der Waals surface area contributed by atoms with E-state index < -0.39 is 6.04 Å². The number of hydrogen-bond donors (Lipinski definition) is 1. The Bertz CT molecular complexity index is 1370. The van der Waals surface area contributed by atoms with Crippen LogP contribution in [0.15, 0.2) is 53.7 Å². The van der Waals surface area contributed by atoms with Crippen LogP contribution < -0.4 is 14.8 Å². The van der Waals surface area contributed by atoms with Crippen LogP contribution in [0.1, 0.15) is 89.5 Å². The van der Waals surface area contributed by atoms with Gasteiger partial charge in [-0.05, 0) is 84.2 Å². The number of nitrogens with zero attached hydrogens (tertiary/aromatic N) is 4. The lowest BCUT2D eigenvalue weighted by molar-refractivity contribution is -0.146. The molecule has 1 unspecified atom stereocenters. The minimum atomic E-state index is -0.569. The van der Waals surface area contributed by atoms with E-state index in [9.17, 15) is 4.79 Å². The van der Waals surface area contributed by atoms with E-state index in [4.69, 9.17) is 14.2 Å². The maximum atomic E-state index is 13.6. The van der Waals surface area contributed by atoms with Gasteiger partial charge in [-0.25, -0.2) is 4.79 Å². The molecule has 1 fully saturated rings. The highest BCUT2D eigenvalue weighted by Crippen LogP contribution is 2.39. The van der Waals surface area contributed by atoms with Gasteiger partial charge in [0.1, 0.15) is 18.8 Å². The predicted molar refractivity (Wildman–Crippen MR) is 152 cm³/mol. The second-order valence-corrected chi connectivity index (χ2v) is 11.6. The quantitative estimate of drug-likeness (QED) is 0.338. The number of allylic oxidation sites excluding steroid dienone is 1. The Balaban J connectivity index is 1.41. The summed E-state index contributed by atoms with van der Waals surface area (Å²) >= 11 is 0. The first-order valence-corrected chi connectivity index (χ1v) is 14.2. The smallest absolute Gasteiger partial charge is 0.338 e. The van der Waals surface area contributed by atoms with Crippen molar-refractivity contribution < 1.29 is 19.0 Å². The van der Waals surface area contributed by atoms with Crippen LogP contribution >= 0.6 is 0 Å². The maximum absolute atomic E-state index is 13.6. The Morgan fingerprint density at radius 1 is 1.02 bits per heavy atom. The molecule has 1 atom stereocenters. The molecule has 1 aliphatic heterocycles. The van der Waals surface area contributed by atoms with Crippen molar-refractivity contribution in [1.29, 1.82) is 0 Å². The molecular formula is C31H39N5O4. The Labute approximate surface area is 235 Å². The highest BCUT2D eigenvalue weighted by Gasteiger charge is 2.36. The number of carbonyl (C=O) groups excluding carboxylic acids is 1. The summed E-state index contributed by atoms with van der Waals surface area (Å²) in [6, 6.07) is 13.6. The molecule has 0 radical (unpaired) electrons. The fourth-order valence-corrected chi connectivity index (χ4v) is 5.33. The Hall–Kier alpha value is -3.88. The first-order chi connectivity index (χ1) is 19.2. The van der Waals surface area contributed by atoms with Gasteiger partial charge in [0.15, 0.2) is 11.5 Å². The van der Waals surface area contributed by atoms with Crippen molar-refractivity contribution in [2.45, 2.75) is 90.9 Å². The lowest BCUT2D eigenvalue weighted by Gasteiger charge is -2.30. The number of ether oxygens (including phenoxy) is 3. The predicted octanol–water partition coefficient (Wildman–Crippen LogP) is 6.11. The van der Waals surface area contributed by atoms with Gasteiger partial charge >= 0.3 is 5.97 Å². The molecule has 3 aromatic rings. The molecule has 5 rings (SSSR count). The third-order valence-electron chi connectivity index (χ3n) is 7.56. The van der Waals surface area contributed by atoms with Gasteiger partial charge < -0.3 is 19.5 Å². The monoisotopic (exact) mass is 545 g/mol. The third kappa shape index (κ3) is 5.98. The average Bonchev–Trinajstić information content (AvgIpc) is 3.40. The van der Waals surface area contributed by atoms with Crippen LogP contribution in [0.4, 0.5) is 5.95 Å². The summed E-state index contributed by atoms with van der Waals surface area (Å²) < 4.78 is 19.8. The molecule has 0 bridgehead atoms. The molecule has 2 aromatic carbocycles. The van der Waals surface area contributed by atoms with Gasteiger partial charge in [-0.2, -0.15) is 4.68 Å². The summed E-state index contributed by atoms with van der Waals surface area (Å²) in [5.41, 5.74) is 4.41. The lowest BCUT2D eigenvalue weighted by atomic mass is 9.87. The zero-order valence-electron chi connectivity index (χ0n) is 24.1. The number of fused-ring (bicyclic) bond motifs is 1. The van der Waals surface area contributed by atoms with E-state index in [0.717, 1.165) is 36.8 Å². The van der Waals surface area contributed by atoms with Crippen LogP contribution in [0.2, 0.25) is 0 Å². The topological polar surface area (TPSA) is 100 Å². The number of tetrazole rings is 1. The molecule has 9 nitrogen and oxygen atoms in total. The van der Waals surface area contributed by atoms with Gasteiger partial charge in [-0.1, -0.05) is 62.6 Å². The summed E-state index contributed by atoms with van der Waals surface area (Å²) in [6.07, 6.45) is 5.07. The second-order valence-electron chi connectivity index (χ2n) is 11.6. The zero-order valence-corrected chi connectivity index (χ0v) is 24.1. The summed E-state index contributed by atoms with van der Waals surface area (Å²) in [6.45, 7) is 11.3. The van der Waals surface area contributed by atoms with E-state index in [1.807, 2.05) is 32.0 Å². The van der Waals surface area contributed by atoms with Gasteiger partial charge in [0.25, 0.3) is 0 Å². The first kappa shape index (κ1) is 27.7. The first-order valence-electron chi connectivity index (χ1n) is 14.2. The number of nitrogens with one attached hydrogen (secondary N) is 1. The molecule has 1 saturated carbocycles. The molecule has 40 heavy (non-hydrogen) atoms. The maximum Gasteiger partial charge on any atom is 0.338 e. The van der Waals surface area contributed by atoms with E-state index in [-0.39, 0.29) is 17.5 Å². The second kappa shape index (κ2) is 11.7. The Morgan fingerprint density at radius 3 is 2.48 bits per heavy atom. The van der Waals surface area contributed by atoms with Crippen molar-refractivity contribution in [2.75, 3.05) is 11.9 Å². The number of anilines is 1. The SMILES string of the molecule is CCOc1cc(C2C(C(=O)OC3CCCCC3)=C(C)Nc3nnnn32)ccc1OCc1ccc(C(C)(C)C)cc1. The van der Waals surface area contributed by atoms with Gasteiger partial charge in [-0.3, -0.25) is 0 Å². The Morgan fingerprint density at radius 2 is 1.77 bits per heavy atom. The number of esters is 1. The van der Waals surface area contributed by atoms with Gasteiger partial charge in [0.05, 0.1) is 12.2 Å². The number of hydrogen-bond acceptors (Lipinski definition) is 8. The fourth-order valence-electron chi connectivity index (χ4n) is 5.33. The van der Waals surface area contributed by atoms with E-state index in [2.05, 4.69) is 65.9 Å². The minimum absolute atomic E-state index is 0.0651. The highest BCUT2D eigenvalue weighted by molar-refractivity contribution is 5.92. The highest BCUT2D eigenvalue weighted by atomic mass is 16.5. The largest absolute Gasteiger partial charge is 0.490 e. The van der Waals surface area contributed by atoms with Crippen molar-refractivity contribution in [3.8, 4) is 11.5 Å². The summed E-state index contributed by atoms with van der Waals surface area (Å²) in [7, 11) is 0. The van der Waals surface area contributed by atoms with Gasteiger partial charge in [0.2, 0.25) is 5.95 Å². The van der Waals surface area contributed by atoms with Crippen LogP contribution in [-0.4, -0.2) is 38.9 Å². The summed E-state index contributed by atoms with van der Waals surface area (Å²) in [4.78, 5) is 13.6. The van der Waals surface area contributed by atoms with Crippen molar-refractivity contribution >= 4 is 11.9 Å². The normalized spacial score (nSPS) is 17.7. The zero-order chi connectivity index (χ0) is 28.3. The lowest BCUT2D eigenvalue weighted by Crippen LogP contribution is -2.32. The van der Waals surface area contributed by atoms with E-state index in [1.54, 1.807) is 4.68 Å². The van der Waals surface area contributed by atoms with Crippen molar-refractivity contribution in [1.82, 2.24) is 20.2 Å². The molecule has 2 heterocycles. The third-order valence-corrected chi connectivity index (χ3v) is 7.56. The average molecular weight is 546 g/mol. The molecule has 212 valence electrons. The number of rotatable bonds is 8. The van der Waals surface area contributed by atoms with Crippen LogP contribution in [0.5, 0.6) is 11.5 Å². The van der Waals surface area contributed by atoms with Crippen LogP contribution in [-0.2, 0) is 21.6 Å². The van der Waals surface area contributed by atoms with Gasteiger partial charge in [-0.15, -0.1) is 0 Å².